The third kappa shape index (κ3) is 4.21. The van der Waals surface area contributed by atoms with Crippen molar-refractivity contribution in [3.8, 4) is 5.75 Å². The minimum Gasteiger partial charge on any atom is -0.410 e. The van der Waals surface area contributed by atoms with Gasteiger partial charge in [0.1, 0.15) is 5.75 Å². The van der Waals surface area contributed by atoms with E-state index in [9.17, 15) is 4.79 Å². The van der Waals surface area contributed by atoms with Crippen molar-refractivity contribution in [1.29, 1.82) is 0 Å². The van der Waals surface area contributed by atoms with Gasteiger partial charge in [-0.3, -0.25) is 5.32 Å². The van der Waals surface area contributed by atoms with E-state index in [0.717, 1.165) is 17.1 Å². The molecule has 0 aromatic heterocycles. The first-order valence-electron chi connectivity index (χ1n) is 6.23. The second-order valence-electron chi connectivity index (χ2n) is 4.00. The van der Waals surface area contributed by atoms with Crippen LogP contribution < -0.4 is 10.1 Å². The van der Waals surface area contributed by atoms with Gasteiger partial charge in [-0.1, -0.05) is 24.3 Å². The fourth-order valence-electron chi connectivity index (χ4n) is 1.72. The zero-order valence-electron chi connectivity index (χ0n) is 10.8. The minimum atomic E-state index is -0.448. The Morgan fingerprint density at radius 3 is 2.84 bits per heavy atom. The van der Waals surface area contributed by atoms with Gasteiger partial charge in [0, 0.05) is 11.8 Å². The normalized spacial score (nSPS) is 16.5. The standard InChI is InChI=1S/C14H17NO2S2/c1-2-8-15-14(16)17-12-7-4-3-6-11(12)13-18-9-5-10-19-13/h2-4,6-8,13H,5,9-10H2,1H3,(H,15,16). The first-order valence-corrected chi connectivity index (χ1v) is 8.32. The van der Waals surface area contributed by atoms with E-state index in [-0.39, 0.29) is 0 Å². The van der Waals surface area contributed by atoms with Crippen LogP contribution in [0.5, 0.6) is 5.75 Å². The number of hydrogen-bond acceptors (Lipinski definition) is 4. The molecule has 1 heterocycles. The van der Waals surface area contributed by atoms with Crippen LogP contribution in [0.4, 0.5) is 4.79 Å². The minimum absolute atomic E-state index is 0.361. The summed E-state index contributed by atoms with van der Waals surface area (Å²) in [6.07, 6.45) is 4.11. The fourth-order valence-corrected chi connectivity index (χ4v) is 4.66. The van der Waals surface area contributed by atoms with E-state index in [4.69, 9.17) is 4.74 Å². The van der Waals surface area contributed by atoms with Crippen LogP contribution in [0.25, 0.3) is 0 Å². The van der Waals surface area contributed by atoms with Gasteiger partial charge in [-0.2, -0.15) is 0 Å². The number of ether oxygens (including phenoxy) is 1. The Balaban J connectivity index is 2.09. The zero-order chi connectivity index (χ0) is 13.5. The molecule has 0 saturated carbocycles. The third-order valence-electron chi connectivity index (χ3n) is 2.57. The Morgan fingerprint density at radius 1 is 1.37 bits per heavy atom. The van der Waals surface area contributed by atoms with Gasteiger partial charge < -0.3 is 4.74 Å². The Morgan fingerprint density at radius 2 is 2.11 bits per heavy atom. The van der Waals surface area contributed by atoms with Gasteiger partial charge >= 0.3 is 6.09 Å². The summed E-state index contributed by atoms with van der Waals surface area (Å²) in [4.78, 5) is 11.6. The first kappa shape index (κ1) is 14.3. The maximum Gasteiger partial charge on any atom is 0.416 e. The molecule has 1 saturated heterocycles. The molecule has 0 bridgehead atoms. The Kier molecular flexibility index (Phi) is 5.66. The summed E-state index contributed by atoms with van der Waals surface area (Å²) in [7, 11) is 0. The van der Waals surface area contributed by atoms with Gasteiger partial charge in [-0.05, 0) is 30.9 Å². The maximum absolute atomic E-state index is 11.6. The summed E-state index contributed by atoms with van der Waals surface area (Å²) in [5.41, 5.74) is 1.09. The highest BCUT2D eigenvalue weighted by Gasteiger charge is 2.21. The van der Waals surface area contributed by atoms with Gasteiger partial charge in [0.15, 0.2) is 0 Å². The molecule has 0 spiro atoms. The molecule has 1 aromatic rings. The monoisotopic (exact) mass is 295 g/mol. The second kappa shape index (κ2) is 7.50. The predicted octanol–water partition coefficient (Wildman–Crippen LogP) is 4.18. The molecule has 2 rings (SSSR count). The van der Waals surface area contributed by atoms with Gasteiger partial charge in [0.25, 0.3) is 0 Å². The summed E-state index contributed by atoms with van der Waals surface area (Å²) >= 11 is 3.83. The van der Waals surface area contributed by atoms with E-state index >= 15 is 0 Å². The highest BCUT2D eigenvalue weighted by Crippen LogP contribution is 2.46. The largest absolute Gasteiger partial charge is 0.416 e. The quantitative estimate of drug-likeness (QED) is 0.908. The molecule has 1 fully saturated rings. The molecule has 1 N–H and O–H groups in total. The number of rotatable bonds is 3. The van der Waals surface area contributed by atoms with Crippen LogP contribution in [-0.4, -0.2) is 17.6 Å². The Bertz CT molecular complexity index is 457. The van der Waals surface area contributed by atoms with Crippen LogP contribution in [0.1, 0.15) is 23.5 Å². The maximum atomic E-state index is 11.6. The molecule has 0 atom stereocenters. The van der Waals surface area contributed by atoms with Crippen molar-refractivity contribution in [2.45, 2.75) is 17.9 Å². The summed E-state index contributed by atoms with van der Waals surface area (Å²) in [5, 5.41) is 2.56. The van der Waals surface area contributed by atoms with Crippen LogP contribution >= 0.6 is 23.5 Å². The van der Waals surface area contributed by atoms with E-state index in [1.165, 1.54) is 6.42 Å². The molecule has 0 radical (unpaired) electrons. The van der Waals surface area contributed by atoms with Gasteiger partial charge in [-0.15, -0.1) is 23.5 Å². The van der Waals surface area contributed by atoms with E-state index < -0.39 is 6.09 Å². The number of hydrogen-bond donors (Lipinski definition) is 1. The average molecular weight is 295 g/mol. The predicted molar refractivity (Wildman–Crippen MR) is 82.7 cm³/mol. The van der Waals surface area contributed by atoms with E-state index in [2.05, 4.69) is 5.32 Å². The lowest BCUT2D eigenvalue weighted by Gasteiger charge is -2.22. The van der Waals surface area contributed by atoms with Crippen LogP contribution in [0.3, 0.4) is 0 Å². The molecular weight excluding hydrogens is 278 g/mol. The third-order valence-corrected chi connectivity index (χ3v) is 5.55. The van der Waals surface area contributed by atoms with E-state index in [1.54, 1.807) is 12.3 Å². The number of para-hydroxylation sites is 1. The molecule has 0 unspecified atom stereocenters. The number of thioether (sulfide) groups is 2. The Hall–Kier alpha value is -1.07. The topological polar surface area (TPSA) is 38.3 Å². The molecule has 3 nitrogen and oxygen atoms in total. The van der Waals surface area contributed by atoms with E-state index in [0.29, 0.717) is 10.3 Å². The summed E-state index contributed by atoms with van der Waals surface area (Å²) in [6, 6.07) is 7.76. The van der Waals surface area contributed by atoms with E-state index in [1.807, 2.05) is 54.7 Å². The molecule has 5 heteroatoms. The lowest BCUT2D eigenvalue weighted by molar-refractivity contribution is 0.204. The number of carbonyl (C=O) groups is 1. The summed E-state index contributed by atoms with van der Waals surface area (Å²) in [5.74, 6) is 2.98. The number of benzene rings is 1. The van der Waals surface area contributed by atoms with Gasteiger partial charge in [-0.25, -0.2) is 4.79 Å². The molecule has 102 valence electrons. The second-order valence-corrected chi connectivity index (χ2v) is 6.72. The number of amides is 1. The van der Waals surface area contributed by atoms with Crippen molar-refractivity contribution in [2.24, 2.45) is 0 Å². The van der Waals surface area contributed by atoms with Crippen LogP contribution in [0.2, 0.25) is 0 Å². The lowest BCUT2D eigenvalue weighted by atomic mass is 10.2. The summed E-state index contributed by atoms with van der Waals surface area (Å²) in [6.45, 7) is 1.84. The van der Waals surface area contributed by atoms with Crippen molar-refractivity contribution >= 4 is 29.6 Å². The van der Waals surface area contributed by atoms with Crippen molar-refractivity contribution < 1.29 is 9.53 Å². The molecule has 0 aliphatic carbocycles. The number of allylic oxidation sites excluding steroid dienone is 1. The molecule has 1 aromatic carbocycles. The molecular formula is C14H17NO2S2. The first-order chi connectivity index (χ1) is 9.31. The number of carbonyl (C=O) groups excluding carboxylic acids is 1. The van der Waals surface area contributed by atoms with Crippen molar-refractivity contribution in [3.63, 3.8) is 0 Å². The molecule has 1 aliphatic heterocycles. The van der Waals surface area contributed by atoms with Gasteiger partial charge in [0.05, 0.1) is 4.58 Å². The van der Waals surface area contributed by atoms with Crippen LogP contribution in [-0.2, 0) is 0 Å². The van der Waals surface area contributed by atoms with Crippen LogP contribution in [0.15, 0.2) is 36.5 Å². The van der Waals surface area contributed by atoms with Crippen molar-refractivity contribution in [1.82, 2.24) is 5.32 Å². The van der Waals surface area contributed by atoms with Crippen LogP contribution in [0, 0.1) is 0 Å². The highest BCUT2D eigenvalue weighted by atomic mass is 32.2. The fraction of sp³-hybridized carbons (Fsp3) is 0.357. The van der Waals surface area contributed by atoms with Crippen molar-refractivity contribution in [2.75, 3.05) is 11.5 Å². The lowest BCUT2D eigenvalue weighted by Crippen LogP contribution is -2.22. The zero-order valence-corrected chi connectivity index (χ0v) is 12.4. The Labute approximate surface area is 122 Å². The molecule has 19 heavy (non-hydrogen) atoms. The summed E-state index contributed by atoms with van der Waals surface area (Å²) < 4.78 is 5.73. The van der Waals surface area contributed by atoms with Gasteiger partial charge in [0.2, 0.25) is 0 Å². The smallest absolute Gasteiger partial charge is 0.410 e. The average Bonchev–Trinajstić information content (AvgIpc) is 2.46. The van der Waals surface area contributed by atoms with Crippen molar-refractivity contribution in [3.05, 3.63) is 42.1 Å². The molecule has 1 aliphatic rings. The molecule has 1 amide bonds. The number of nitrogens with one attached hydrogen (secondary N) is 1. The highest BCUT2D eigenvalue weighted by molar-refractivity contribution is 8.16. The SMILES string of the molecule is CC=CNC(=O)Oc1ccccc1C1SCCCS1.